The van der Waals surface area contributed by atoms with Crippen LogP contribution in [0.15, 0.2) is 0 Å². The van der Waals surface area contributed by atoms with Crippen LogP contribution < -0.4 is 0 Å². The van der Waals surface area contributed by atoms with Crippen LogP contribution in [0.5, 0.6) is 0 Å². The highest BCUT2D eigenvalue weighted by Crippen LogP contribution is 2.36. The largest absolute Gasteiger partial charge is 0.298 e. The predicted octanol–water partition coefficient (Wildman–Crippen LogP) is 0.281. The average Bonchev–Trinajstić information content (AvgIpc) is 2.22. The molecule has 0 aromatic rings. The quantitative estimate of drug-likeness (QED) is 0.463. The van der Waals surface area contributed by atoms with Gasteiger partial charge in [0.05, 0.1) is 6.54 Å². The highest BCUT2D eigenvalue weighted by atomic mass is 16.1. The molecule has 2 heteroatoms. The molecule has 0 amide bonds. The van der Waals surface area contributed by atoms with Crippen LogP contribution in [0.2, 0.25) is 0 Å². The summed E-state index contributed by atoms with van der Waals surface area (Å²) >= 11 is 0. The maximum atomic E-state index is 11.1. The highest BCUT2D eigenvalue weighted by Gasteiger charge is 2.46. The van der Waals surface area contributed by atoms with Crippen LogP contribution >= 0.6 is 0 Å². The number of hydrogen-bond acceptors (Lipinski definition) is 2. The van der Waals surface area contributed by atoms with Crippen LogP contribution in [-0.2, 0) is 4.79 Å². The zero-order valence-corrected chi connectivity index (χ0v) is 5.68. The second-order valence-corrected chi connectivity index (χ2v) is 3.44. The molecule has 2 fully saturated rings. The van der Waals surface area contributed by atoms with E-state index in [0.29, 0.717) is 5.78 Å². The normalized spacial score (nSPS) is 48.6. The van der Waals surface area contributed by atoms with Gasteiger partial charge in [-0.05, 0) is 13.0 Å². The molecule has 50 valence electrons. The summed E-state index contributed by atoms with van der Waals surface area (Å²) in [6.07, 6.45) is 1.09. The molecule has 2 unspecified atom stereocenters. The molecule has 0 radical (unpaired) electrons. The molecular formula is C7H11NO. The lowest BCUT2D eigenvalue weighted by atomic mass is 9.86. The van der Waals surface area contributed by atoms with E-state index in [1.54, 1.807) is 0 Å². The van der Waals surface area contributed by atoms with Crippen molar-refractivity contribution in [3.63, 3.8) is 0 Å². The third-order valence-electron chi connectivity index (χ3n) is 2.59. The van der Waals surface area contributed by atoms with Crippen LogP contribution in [0.25, 0.3) is 0 Å². The van der Waals surface area contributed by atoms with Gasteiger partial charge >= 0.3 is 0 Å². The second-order valence-electron chi connectivity index (χ2n) is 3.44. The van der Waals surface area contributed by atoms with Crippen molar-refractivity contribution in [2.45, 2.75) is 13.3 Å². The standard InChI is InChI=1S/C7H11NO/c1-7-2-3-8(5-7)4-6(7)9/h2-5H2,1H3. The Morgan fingerprint density at radius 1 is 1.67 bits per heavy atom. The Morgan fingerprint density at radius 2 is 2.44 bits per heavy atom. The summed E-state index contributed by atoms with van der Waals surface area (Å²) in [5.41, 5.74) is 0.0556. The molecule has 0 spiro atoms. The lowest BCUT2D eigenvalue weighted by Gasteiger charge is -2.16. The first-order valence-electron chi connectivity index (χ1n) is 3.46. The molecule has 2 aliphatic heterocycles. The van der Waals surface area contributed by atoms with Crippen molar-refractivity contribution in [1.82, 2.24) is 4.90 Å². The summed E-state index contributed by atoms with van der Waals surface area (Å²) in [5, 5.41) is 0. The molecule has 2 bridgehead atoms. The van der Waals surface area contributed by atoms with Crippen molar-refractivity contribution in [1.29, 1.82) is 0 Å². The van der Waals surface area contributed by atoms with E-state index < -0.39 is 0 Å². The molecule has 2 heterocycles. The molecule has 0 N–H and O–H groups in total. The zero-order valence-electron chi connectivity index (χ0n) is 5.68. The monoisotopic (exact) mass is 125 g/mol. The number of carbonyl (C=O) groups is 1. The van der Waals surface area contributed by atoms with Gasteiger partial charge in [0.2, 0.25) is 0 Å². The van der Waals surface area contributed by atoms with Gasteiger partial charge in [0, 0.05) is 12.0 Å². The molecule has 2 rings (SSSR count). The molecule has 2 saturated heterocycles. The first kappa shape index (κ1) is 5.42. The minimum atomic E-state index is 0.0556. The van der Waals surface area contributed by atoms with Crippen LogP contribution in [0.3, 0.4) is 0 Å². The van der Waals surface area contributed by atoms with Crippen molar-refractivity contribution < 1.29 is 4.79 Å². The number of hydrogen-bond donors (Lipinski definition) is 0. The van der Waals surface area contributed by atoms with E-state index in [4.69, 9.17) is 0 Å². The average molecular weight is 125 g/mol. The number of ketones is 1. The van der Waals surface area contributed by atoms with E-state index >= 15 is 0 Å². The van der Waals surface area contributed by atoms with Gasteiger partial charge in [0.25, 0.3) is 0 Å². The van der Waals surface area contributed by atoms with Gasteiger partial charge < -0.3 is 0 Å². The third kappa shape index (κ3) is 0.568. The molecule has 0 aromatic carbocycles. The zero-order chi connectivity index (χ0) is 6.48. The Balaban J connectivity index is 2.32. The highest BCUT2D eigenvalue weighted by molar-refractivity contribution is 5.89. The molecular weight excluding hydrogens is 114 g/mol. The van der Waals surface area contributed by atoms with E-state index in [2.05, 4.69) is 11.8 Å². The van der Waals surface area contributed by atoms with Gasteiger partial charge in [0.15, 0.2) is 5.78 Å². The summed E-state index contributed by atoms with van der Waals surface area (Å²) < 4.78 is 0. The van der Waals surface area contributed by atoms with E-state index in [0.717, 1.165) is 26.1 Å². The number of nitrogens with zero attached hydrogens (tertiary/aromatic N) is 1. The minimum Gasteiger partial charge on any atom is -0.298 e. The summed E-state index contributed by atoms with van der Waals surface area (Å²) in [4.78, 5) is 13.4. The lowest BCUT2D eigenvalue weighted by molar-refractivity contribution is -0.124. The van der Waals surface area contributed by atoms with E-state index in [-0.39, 0.29) is 5.41 Å². The van der Waals surface area contributed by atoms with Crippen molar-refractivity contribution in [3.05, 3.63) is 0 Å². The molecule has 0 aliphatic carbocycles. The van der Waals surface area contributed by atoms with Gasteiger partial charge in [-0.1, -0.05) is 6.92 Å². The van der Waals surface area contributed by atoms with Crippen LogP contribution in [0.1, 0.15) is 13.3 Å². The Bertz CT molecular complexity index is 166. The first-order chi connectivity index (χ1) is 4.21. The SMILES string of the molecule is CC12CCN(CC1=O)C2. The Hall–Kier alpha value is -0.370. The van der Waals surface area contributed by atoms with Gasteiger partial charge in [0.1, 0.15) is 0 Å². The van der Waals surface area contributed by atoms with Gasteiger partial charge in [-0.2, -0.15) is 0 Å². The smallest absolute Gasteiger partial charge is 0.154 e. The maximum absolute atomic E-state index is 11.1. The van der Waals surface area contributed by atoms with Crippen molar-refractivity contribution in [2.24, 2.45) is 5.41 Å². The van der Waals surface area contributed by atoms with Gasteiger partial charge in [-0.3, -0.25) is 9.69 Å². The molecule has 0 saturated carbocycles. The maximum Gasteiger partial charge on any atom is 0.154 e. The van der Waals surface area contributed by atoms with Crippen LogP contribution in [0, 0.1) is 5.41 Å². The molecule has 2 atom stereocenters. The second kappa shape index (κ2) is 1.37. The molecule has 2 nitrogen and oxygen atoms in total. The molecule has 0 aromatic heterocycles. The van der Waals surface area contributed by atoms with E-state index in [9.17, 15) is 4.79 Å². The topological polar surface area (TPSA) is 20.3 Å². The summed E-state index contributed by atoms with van der Waals surface area (Å²) in [6.45, 7) is 4.97. The summed E-state index contributed by atoms with van der Waals surface area (Å²) in [6, 6.07) is 0. The minimum absolute atomic E-state index is 0.0556. The number of piperidine rings is 1. The fourth-order valence-electron chi connectivity index (χ4n) is 1.81. The van der Waals surface area contributed by atoms with Crippen LogP contribution in [0.4, 0.5) is 0 Å². The molecule has 2 aliphatic rings. The fraction of sp³-hybridized carbons (Fsp3) is 0.857. The van der Waals surface area contributed by atoms with Gasteiger partial charge in [-0.25, -0.2) is 0 Å². The number of Topliss-reactive ketones (excluding diaryl/α,β-unsaturated/α-hetero) is 1. The van der Waals surface area contributed by atoms with E-state index in [1.807, 2.05) is 0 Å². The van der Waals surface area contributed by atoms with Crippen LogP contribution in [-0.4, -0.2) is 30.3 Å². The first-order valence-corrected chi connectivity index (χ1v) is 3.46. The number of carbonyl (C=O) groups excluding carboxylic acids is 1. The Labute approximate surface area is 54.8 Å². The molecule has 9 heavy (non-hydrogen) atoms. The summed E-state index contributed by atoms with van der Waals surface area (Å²) in [7, 11) is 0. The van der Waals surface area contributed by atoms with Gasteiger partial charge in [-0.15, -0.1) is 0 Å². The van der Waals surface area contributed by atoms with Crippen molar-refractivity contribution in [2.75, 3.05) is 19.6 Å². The van der Waals surface area contributed by atoms with E-state index in [1.165, 1.54) is 0 Å². The van der Waals surface area contributed by atoms with Crippen molar-refractivity contribution in [3.8, 4) is 0 Å². The fourth-order valence-corrected chi connectivity index (χ4v) is 1.81. The predicted molar refractivity (Wildman–Crippen MR) is 34.2 cm³/mol. The Morgan fingerprint density at radius 3 is 2.67 bits per heavy atom. The summed E-state index contributed by atoms with van der Waals surface area (Å²) in [5.74, 6) is 0.453. The number of rotatable bonds is 0. The third-order valence-corrected chi connectivity index (χ3v) is 2.59. The lowest BCUT2D eigenvalue weighted by Crippen LogP contribution is -2.28. The Kier molecular flexibility index (Phi) is 0.826. The van der Waals surface area contributed by atoms with Crippen molar-refractivity contribution >= 4 is 5.78 Å². The number of fused-ring (bicyclic) bond motifs is 2.